The number of halogens is 1. The average Bonchev–Trinajstić information content (AvgIpc) is 3.04. The number of imidazole rings is 1. The minimum atomic E-state index is -1.01. The lowest BCUT2D eigenvalue weighted by atomic mass is 10.2. The monoisotopic (exact) mass is 406 g/mol. The third kappa shape index (κ3) is 3.96. The summed E-state index contributed by atoms with van der Waals surface area (Å²) in [7, 11) is 1.85. The number of hydrogen-bond donors (Lipinski definition) is 1. The van der Waals surface area contributed by atoms with Gasteiger partial charge in [-0.15, -0.1) is 0 Å². The number of benzene rings is 3. The molecule has 0 amide bonds. The average molecular weight is 406 g/mol. The number of aryl methyl sites for hydroxylation is 2. The van der Waals surface area contributed by atoms with E-state index < -0.39 is 11.8 Å². The number of fused-ring (bicyclic) bond motifs is 1. The lowest BCUT2D eigenvalue weighted by Crippen LogP contribution is -2.04. The standard InChI is InChI=1S/C23H19FN2O4/c1-14-6-9-21(18(24)10-14)30-17-7-8-19-20(12-17)26(2)22(25-19)13-29-16-5-3-4-15(11-16)23(27)28/h3-12H,13H2,1-2H3,(H,27,28). The van der Waals surface area contributed by atoms with Gasteiger partial charge in [-0.3, -0.25) is 0 Å². The summed E-state index contributed by atoms with van der Waals surface area (Å²) in [5, 5.41) is 9.09. The SMILES string of the molecule is Cc1ccc(Oc2ccc3nc(COc4cccc(C(=O)O)c4)n(C)c3c2)c(F)c1. The van der Waals surface area contributed by atoms with Crippen molar-refractivity contribution in [3.63, 3.8) is 0 Å². The van der Waals surface area contributed by atoms with Crippen molar-refractivity contribution in [2.45, 2.75) is 13.5 Å². The first-order valence-electron chi connectivity index (χ1n) is 9.26. The maximum atomic E-state index is 14.1. The first-order chi connectivity index (χ1) is 14.4. The molecular formula is C23H19FN2O4. The first-order valence-corrected chi connectivity index (χ1v) is 9.26. The second kappa shape index (κ2) is 7.87. The van der Waals surface area contributed by atoms with Crippen LogP contribution in [0.2, 0.25) is 0 Å². The number of carboxylic acid groups (broad SMARTS) is 1. The van der Waals surface area contributed by atoms with E-state index in [-0.39, 0.29) is 17.9 Å². The van der Waals surface area contributed by atoms with Crippen molar-refractivity contribution >= 4 is 17.0 Å². The van der Waals surface area contributed by atoms with E-state index in [0.29, 0.717) is 17.3 Å². The molecule has 1 heterocycles. The van der Waals surface area contributed by atoms with Crippen molar-refractivity contribution in [3.05, 3.63) is 83.4 Å². The minimum absolute atomic E-state index is 0.155. The molecular weight excluding hydrogens is 387 g/mol. The van der Waals surface area contributed by atoms with E-state index in [0.717, 1.165) is 16.6 Å². The number of hydrogen-bond acceptors (Lipinski definition) is 4. The van der Waals surface area contributed by atoms with Crippen molar-refractivity contribution in [1.82, 2.24) is 9.55 Å². The van der Waals surface area contributed by atoms with E-state index >= 15 is 0 Å². The zero-order valence-corrected chi connectivity index (χ0v) is 16.4. The van der Waals surface area contributed by atoms with Crippen LogP contribution in [0.5, 0.6) is 17.2 Å². The highest BCUT2D eigenvalue weighted by Crippen LogP contribution is 2.28. The van der Waals surface area contributed by atoms with Gasteiger partial charge in [-0.25, -0.2) is 14.2 Å². The van der Waals surface area contributed by atoms with Crippen LogP contribution in [-0.2, 0) is 13.7 Å². The van der Waals surface area contributed by atoms with Crippen LogP contribution in [0.3, 0.4) is 0 Å². The molecule has 0 bridgehead atoms. The molecule has 0 unspecified atom stereocenters. The summed E-state index contributed by atoms with van der Waals surface area (Å²) < 4.78 is 27.4. The highest BCUT2D eigenvalue weighted by Gasteiger charge is 2.12. The molecule has 0 fully saturated rings. The highest BCUT2D eigenvalue weighted by molar-refractivity contribution is 5.88. The van der Waals surface area contributed by atoms with Gasteiger partial charge in [-0.1, -0.05) is 12.1 Å². The van der Waals surface area contributed by atoms with Gasteiger partial charge < -0.3 is 19.1 Å². The van der Waals surface area contributed by atoms with E-state index in [1.807, 2.05) is 18.5 Å². The second-order valence-electron chi connectivity index (χ2n) is 6.90. The highest BCUT2D eigenvalue weighted by atomic mass is 19.1. The van der Waals surface area contributed by atoms with Crippen molar-refractivity contribution in [1.29, 1.82) is 0 Å². The van der Waals surface area contributed by atoms with Crippen LogP contribution < -0.4 is 9.47 Å². The molecule has 0 saturated carbocycles. The summed E-state index contributed by atoms with van der Waals surface area (Å²) in [4.78, 5) is 15.6. The Labute approximate surface area is 172 Å². The quantitative estimate of drug-likeness (QED) is 0.483. The maximum absolute atomic E-state index is 14.1. The molecule has 1 aromatic heterocycles. The van der Waals surface area contributed by atoms with Crippen LogP contribution in [0, 0.1) is 12.7 Å². The molecule has 0 aliphatic heterocycles. The Morgan fingerprint density at radius 3 is 2.70 bits per heavy atom. The number of aromatic nitrogens is 2. The summed E-state index contributed by atoms with van der Waals surface area (Å²) in [6, 6.07) is 16.4. The largest absolute Gasteiger partial charge is 0.486 e. The Bertz CT molecular complexity index is 1250. The molecule has 0 aliphatic rings. The second-order valence-corrected chi connectivity index (χ2v) is 6.90. The van der Waals surface area contributed by atoms with Gasteiger partial charge >= 0.3 is 5.97 Å². The summed E-state index contributed by atoms with van der Waals surface area (Å²) >= 11 is 0. The molecule has 0 radical (unpaired) electrons. The fraction of sp³-hybridized carbons (Fsp3) is 0.130. The number of ether oxygens (including phenoxy) is 2. The molecule has 0 aliphatic carbocycles. The van der Waals surface area contributed by atoms with Gasteiger partial charge in [0.25, 0.3) is 0 Å². The van der Waals surface area contributed by atoms with Crippen LogP contribution in [0.1, 0.15) is 21.7 Å². The zero-order chi connectivity index (χ0) is 21.3. The minimum Gasteiger partial charge on any atom is -0.486 e. The molecule has 6 nitrogen and oxygen atoms in total. The van der Waals surface area contributed by atoms with Crippen molar-refractivity contribution in [2.24, 2.45) is 7.05 Å². The van der Waals surface area contributed by atoms with Gasteiger partial charge in [0.05, 0.1) is 16.6 Å². The Kier molecular flexibility index (Phi) is 5.10. The van der Waals surface area contributed by atoms with Gasteiger partial charge in [-0.2, -0.15) is 0 Å². The molecule has 4 rings (SSSR count). The molecule has 1 N–H and O–H groups in total. The van der Waals surface area contributed by atoms with E-state index in [2.05, 4.69) is 4.98 Å². The van der Waals surface area contributed by atoms with E-state index in [4.69, 9.17) is 14.6 Å². The fourth-order valence-corrected chi connectivity index (χ4v) is 3.09. The van der Waals surface area contributed by atoms with Crippen molar-refractivity contribution in [3.8, 4) is 17.2 Å². The number of carboxylic acids is 1. The number of carbonyl (C=O) groups is 1. The van der Waals surface area contributed by atoms with E-state index in [1.54, 1.807) is 42.5 Å². The third-order valence-corrected chi connectivity index (χ3v) is 4.71. The molecule has 4 aromatic rings. The van der Waals surface area contributed by atoms with Crippen LogP contribution in [0.4, 0.5) is 4.39 Å². The van der Waals surface area contributed by atoms with Crippen LogP contribution in [0.25, 0.3) is 11.0 Å². The predicted octanol–water partition coefficient (Wildman–Crippen LogP) is 5.09. The Hall–Kier alpha value is -3.87. The summed E-state index contributed by atoms with van der Waals surface area (Å²) in [6.45, 7) is 1.98. The molecule has 0 atom stereocenters. The Morgan fingerprint density at radius 2 is 1.93 bits per heavy atom. The van der Waals surface area contributed by atoms with Gasteiger partial charge in [-0.05, 0) is 55.0 Å². The summed E-state index contributed by atoms with van der Waals surface area (Å²) in [5.41, 5.74) is 2.52. The molecule has 30 heavy (non-hydrogen) atoms. The lowest BCUT2D eigenvalue weighted by molar-refractivity contribution is 0.0696. The molecule has 3 aromatic carbocycles. The van der Waals surface area contributed by atoms with Gasteiger partial charge in [0.2, 0.25) is 0 Å². The lowest BCUT2D eigenvalue weighted by Gasteiger charge is -2.08. The normalized spacial score (nSPS) is 10.9. The topological polar surface area (TPSA) is 73.6 Å². The van der Waals surface area contributed by atoms with Gasteiger partial charge in [0.15, 0.2) is 11.6 Å². The number of aromatic carboxylic acids is 1. The van der Waals surface area contributed by atoms with E-state index in [1.165, 1.54) is 18.2 Å². The molecule has 0 spiro atoms. The fourth-order valence-electron chi connectivity index (χ4n) is 3.09. The van der Waals surface area contributed by atoms with Crippen molar-refractivity contribution < 1.29 is 23.8 Å². The van der Waals surface area contributed by atoms with Crippen LogP contribution >= 0.6 is 0 Å². The summed E-state index contributed by atoms with van der Waals surface area (Å²) in [5.74, 6) is 0.322. The third-order valence-electron chi connectivity index (χ3n) is 4.71. The van der Waals surface area contributed by atoms with Crippen LogP contribution in [0.15, 0.2) is 60.7 Å². The first kappa shape index (κ1) is 19.4. The number of nitrogens with zero attached hydrogens (tertiary/aromatic N) is 2. The predicted molar refractivity (Wildman–Crippen MR) is 110 cm³/mol. The smallest absolute Gasteiger partial charge is 0.335 e. The van der Waals surface area contributed by atoms with Gasteiger partial charge in [0.1, 0.15) is 23.9 Å². The summed E-state index contributed by atoms with van der Waals surface area (Å²) in [6.07, 6.45) is 0. The molecule has 7 heteroatoms. The Morgan fingerprint density at radius 1 is 1.10 bits per heavy atom. The molecule has 152 valence electrons. The molecule has 0 saturated heterocycles. The van der Waals surface area contributed by atoms with E-state index in [9.17, 15) is 9.18 Å². The Balaban J connectivity index is 1.55. The van der Waals surface area contributed by atoms with Crippen molar-refractivity contribution in [2.75, 3.05) is 0 Å². The maximum Gasteiger partial charge on any atom is 0.335 e. The van der Waals surface area contributed by atoms with Crippen LogP contribution in [-0.4, -0.2) is 20.6 Å². The van der Waals surface area contributed by atoms with Gasteiger partial charge in [0, 0.05) is 13.1 Å². The zero-order valence-electron chi connectivity index (χ0n) is 16.4. The number of rotatable bonds is 6.